The van der Waals surface area contributed by atoms with Crippen molar-refractivity contribution in [2.75, 3.05) is 0 Å². The lowest BCUT2D eigenvalue weighted by Gasteiger charge is -2.38. The van der Waals surface area contributed by atoms with Gasteiger partial charge < -0.3 is 9.64 Å². The van der Waals surface area contributed by atoms with Gasteiger partial charge >= 0.3 is 16.2 Å². The van der Waals surface area contributed by atoms with E-state index in [1.807, 2.05) is 20.8 Å². The van der Waals surface area contributed by atoms with Gasteiger partial charge in [-0.05, 0) is 51.2 Å². The summed E-state index contributed by atoms with van der Waals surface area (Å²) >= 11 is 0. The third-order valence-corrected chi connectivity index (χ3v) is 6.53. The summed E-state index contributed by atoms with van der Waals surface area (Å²) in [5.74, 6) is 0.683. The van der Waals surface area contributed by atoms with Gasteiger partial charge in [0.05, 0.1) is 6.54 Å². The maximum atomic E-state index is 12.9. The lowest BCUT2D eigenvalue weighted by atomic mass is 9.84. The fraction of sp³-hybridized carbons (Fsp3) is 0.714. The molecule has 0 saturated heterocycles. The molecular weight excluding hydrogens is 392 g/mol. The Morgan fingerprint density at radius 1 is 1.21 bits per heavy atom. The summed E-state index contributed by atoms with van der Waals surface area (Å²) < 4.78 is 37.9. The monoisotopic (exact) mass is 424 g/mol. The highest BCUT2D eigenvalue weighted by Crippen LogP contribution is 2.32. The highest BCUT2D eigenvalue weighted by Gasteiger charge is 2.34. The summed E-state index contributed by atoms with van der Waals surface area (Å²) in [6.07, 6.45) is 8.31. The van der Waals surface area contributed by atoms with Gasteiger partial charge in [0, 0.05) is 18.2 Å². The van der Waals surface area contributed by atoms with E-state index >= 15 is 0 Å². The van der Waals surface area contributed by atoms with E-state index in [9.17, 15) is 17.8 Å². The first-order valence-electron chi connectivity index (χ1n) is 10.5. The van der Waals surface area contributed by atoms with E-state index in [4.69, 9.17) is 4.74 Å². The Kier molecular flexibility index (Phi) is 6.53. The normalized spacial score (nSPS) is 21.0. The summed E-state index contributed by atoms with van der Waals surface area (Å²) in [6.45, 7) is 5.87. The average molecular weight is 425 g/mol. The fourth-order valence-electron chi connectivity index (χ4n) is 4.32. The zero-order valence-electron chi connectivity index (χ0n) is 17.6. The molecule has 2 heterocycles. The molecule has 0 spiro atoms. The van der Waals surface area contributed by atoms with Crippen LogP contribution in [-0.4, -0.2) is 40.6 Å². The van der Waals surface area contributed by atoms with E-state index in [-0.39, 0.29) is 17.2 Å². The minimum atomic E-state index is -4.35. The van der Waals surface area contributed by atoms with Crippen molar-refractivity contribution < 1.29 is 22.5 Å². The van der Waals surface area contributed by atoms with Gasteiger partial charge in [-0.2, -0.15) is 8.42 Å². The summed E-state index contributed by atoms with van der Waals surface area (Å²) in [6, 6.07) is 2.81. The zero-order valence-corrected chi connectivity index (χ0v) is 18.4. The van der Waals surface area contributed by atoms with E-state index in [1.165, 1.54) is 38.2 Å². The number of aromatic nitrogens is 1. The van der Waals surface area contributed by atoms with Crippen LogP contribution in [0.25, 0.3) is 0 Å². The maximum Gasteiger partial charge on any atom is 0.410 e. The van der Waals surface area contributed by atoms with E-state index in [0.29, 0.717) is 24.6 Å². The van der Waals surface area contributed by atoms with Gasteiger partial charge in [0.2, 0.25) is 0 Å². The number of carbonyl (C=O) groups excluding carboxylic acids is 1. The molecule has 1 aliphatic carbocycles. The highest BCUT2D eigenvalue weighted by atomic mass is 32.2. The third kappa shape index (κ3) is 5.92. The predicted molar refractivity (Wildman–Crippen MR) is 109 cm³/mol. The van der Waals surface area contributed by atoms with E-state index in [1.54, 1.807) is 11.0 Å². The van der Waals surface area contributed by atoms with Gasteiger partial charge in [-0.25, -0.2) is 9.78 Å². The largest absolute Gasteiger partial charge is 0.444 e. The molecule has 0 aromatic carbocycles. The van der Waals surface area contributed by atoms with Crippen molar-refractivity contribution in [3.8, 4) is 0 Å². The van der Waals surface area contributed by atoms with Crippen LogP contribution in [0.15, 0.2) is 17.2 Å². The molecule has 1 N–H and O–H groups in total. The highest BCUT2D eigenvalue weighted by molar-refractivity contribution is 7.85. The molecule has 162 valence electrons. The Labute approximate surface area is 173 Å². The summed E-state index contributed by atoms with van der Waals surface area (Å²) in [5, 5.41) is -0.340. The number of ether oxygens (including phenoxy) is 1. The second kappa shape index (κ2) is 8.60. The molecule has 0 bridgehead atoms. The van der Waals surface area contributed by atoms with Crippen molar-refractivity contribution in [2.45, 2.75) is 95.4 Å². The predicted octanol–water partition coefficient (Wildman–Crippen LogP) is 4.35. The van der Waals surface area contributed by atoms with Gasteiger partial charge in [0.25, 0.3) is 0 Å². The number of amides is 1. The van der Waals surface area contributed by atoms with Crippen LogP contribution >= 0.6 is 0 Å². The van der Waals surface area contributed by atoms with Crippen molar-refractivity contribution >= 4 is 16.2 Å². The molecule has 1 fully saturated rings. The maximum absolute atomic E-state index is 12.9. The van der Waals surface area contributed by atoms with Crippen molar-refractivity contribution in [1.82, 2.24) is 9.88 Å². The number of carbonyl (C=O) groups is 1. The first kappa shape index (κ1) is 22.0. The molecule has 3 rings (SSSR count). The molecular formula is C21H32N2O5S. The fourth-order valence-corrected chi connectivity index (χ4v) is 4.78. The van der Waals surface area contributed by atoms with Crippen LogP contribution in [0.2, 0.25) is 0 Å². The van der Waals surface area contributed by atoms with Crippen LogP contribution in [0.5, 0.6) is 0 Å². The molecule has 1 unspecified atom stereocenters. The van der Waals surface area contributed by atoms with E-state index in [0.717, 1.165) is 18.4 Å². The minimum absolute atomic E-state index is 0.0941. The van der Waals surface area contributed by atoms with Crippen LogP contribution < -0.4 is 0 Å². The summed E-state index contributed by atoms with van der Waals surface area (Å²) in [4.78, 5) is 18.8. The van der Waals surface area contributed by atoms with E-state index in [2.05, 4.69) is 4.98 Å². The molecule has 1 aromatic rings. The van der Waals surface area contributed by atoms with Crippen molar-refractivity contribution in [2.24, 2.45) is 5.92 Å². The Balaban J connectivity index is 1.81. The van der Waals surface area contributed by atoms with Gasteiger partial charge in [-0.3, -0.25) is 4.55 Å². The second-order valence-corrected chi connectivity index (χ2v) is 10.6. The van der Waals surface area contributed by atoms with Crippen LogP contribution in [0.1, 0.15) is 77.0 Å². The second-order valence-electron chi connectivity index (χ2n) is 9.28. The number of hydrogen-bond acceptors (Lipinski definition) is 5. The van der Waals surface area contributed by atoms with Crippen molar-refractivity contribution in [1.29, 1.82) is 0 Å². The summed E-state index contributed by atoms with van der Waals surface area (Å²) in [5.41, 5.74) is 0.837. The number of fused-ring (bicyclic) bond motifs is 1. The molecule has 1 aromatic heterocycles. The Morgan fingerprint density at radius 2 is 1.90 bits per heavy atom. The van der Waals surface area contributed by atoms with Crippen LogP contribution in [-0.2, 0) is 27.8 Å². The SMILES string of the molecule is CC(C)(C)OC(=O)N1Cc2ccc(S(=O)(=O)O)nc2CC1CCC1CCCCC1. The van der Waals surface area contributed by atoms with Crippen LogP contribution in [0.3, 0.4) is 0 Å². The van der Waals surface area contributed by atoms with Gasteiger partial charge in [0.15, 0.2) is 5.03 Å². The van der Waals surface area contributed by atoms with Crippen LogP contribution in [0.4, 0.5) is 4.79 Å². The zero-order chi connectivity index (χ0) is 21.2. The lowest BCUT2D eigenvalue weighted by Crippen LogP contribution is -2.47. The number of pyridine rings is 1. The Morgan fingerprint density at radius 3 is 2.52 bits per heavy atom. The molecule has 8 heteroatoms. The number of nitrogens with zero attached hydrogens (tertiary/aromatic N) is 2. The van der Waals surface area contributed by atoms with Gasteiger partial charge in [-0.15, -0.1) is 0 Å². The minimum Gasteiger partial charge on any atom is -0.444 e. The van der Waals surface area contributed by atoms with Crippen molar-refractivity contribution in [3.05, 3.63) is 23.4 Å². The Bertz CT molecular complexity index is 841. The third-order valence-electron chi connectivity index (χ3n) is 5.78. The summed E-state index contributed by atoms with van der Waals surface area (Å²) in [7, 11) is -4.35. The molecule has 2 aliphatic rings. The standard InChI is InChI=1S/C21H32N2O5S/c1-21(2,3)28-20(24)23-14-16-10-12-19(29(25,26)27)22-18(16)13-17(23)11-9-15-7-5-4-6-8-15/h10,12,15,17H,4-9,11,13-14H2,1-3H3,(H,25,26,27). The molecule has 1 atom stereocenters. The molecule has 1 aliphatic heterocycles. The quantitative estimate of drug-likeness (QED) is 0.722. The molecule has 1 amide bonds. The Hall–Kier alpha value is -1.67. The van der Waals surface area contributed by atoms with Gasteiger partial charge in [0.1, 0.15) is 5.60 Å². The smallest absolute Gasteiger partial charge is 0.410 e. The topological polar surface area (TPSA) is 96.8 Å². The molecule has 29 heavy (non-hydrogen) atoms. The number of hydrogen-bond donors (Lipinski definition) is 1. The first-order valence-corrected chi connectivity index (χ1v) is 11.9. The lowest BCUT2D eigenvalue weighted by molar-refractivity contribution is 0.00986. The first-order chi connectivity index (χ1) is 13.5. The van der Waals surface area contributed by atoms with Crippen LogP contribution in [0, 0.1) is 5.92 Å². The molecule has 0 radical (unpaired) electrons. The van der Waals surface area contributed by atoms with Crippen molar-refractivity contribution in [3.63, 3.8) is 0 Å². The average Bonchev–Trinajstić information content (AvgIpc) is 2.64. The van der Waals surface area contributed by atoms with E-state index < -0.39 is 15.7 Å². The molecule has 7 nitrogen and oxygen atoms in total. The number of rotatable bonds is 4. The molecule has 1 saturated carbocycles. The van der Waals surface area contributed by atoms with Gasteiger partial charge in [-0.1, -0.05) is 38.2 Å².